The standard InChI is InChI=1S/C23H18Cl2N4O/c1-15-6-8-16(9-7-15)21-27-23(26-14-18-4-2-3-5-20(18)25)29(28-21)22(30)17-10-12-19(24)13-11-17/h2-13H,14H2,1H3,(H,26,27,28). The van der Waals surface area contributed by atoms with Gasteiger partial charge < -0.3 is 5.32 Å². The maximum absolute atomic E-state index is 13.1. The Morgan fingerprint density at radius 2 is 1.67 bits per heavy atom. The van der Waals surface area contributed by atoms with E-state index in [4.69, 9.17) is 23.2 Å². The van der Waals surface area contributed by atoms with Crippen LogP contribution < -0.4 is 5.32 Å². The van der Waals surface area contributed by atoms with Gasteiger partial charge in [0.05, 0.1) is 0 Å². The Hall–Kier alpha value is -3.15. The van der Waals surface area contributed by atoms with Crippen LogP contribution in [0.15, 0.2) is 72.8 Å². The summed E-state index contributed by atoms with van der Waals surface area (Å²) in [6.07, 6.45) is 0. The molecule has 1 aromatic heterocycles. The second-order valence-corrected chi connectivity index (χ2v) is 7.64. The first-order valence-corrected chi connectivity index (χ1v) is 10.1. The fourth-order valence-corrected chi connectivity index (χ4v) is 3.25. The van der Waals surface area contributed by atoms with Crippen LogP contribution in [0.2, 0.25) is 10.0 Å². The maximum atomic E-state index is 13.1. The topological polar surface area (TPSA) is 59.8 Å². The summed E-state index contributed by atoms with van der Waals surface area (Å²) in [5.74, 6) is 0.489. The van der Waals surface area contributed by atoms with Crippen LogP contribution in [0.5, 0.6) is 0 Å². The van der Waals surface area contributed by atoms with Gasteiger partial charge in [-0.3, -0.25) is 4.79 Å². The lowest BCUT2D eigenvalue weighted by Gasteiger charge is -2.08. The summed E-state index contributed by atoms with van der Waals surface area (Å²) in [7, 11) is 0. The highest BCUT2D eigenvalue weighted by Gasteiger charge is 2.19. The van der Waals surface area contributed by atoms with E-state index in [2.05, 4.69) is 15.4 Å². The monoisotopic (exact) mass is 436 g/mol. The molecule has 4 aromatic rings. The molecule has 0 bridgehead atoms. The van der Waals surface area contributed by atoms with E-state index < -0.39 is 0 Å². The maximum Gasteiger partial charge on any atom is 0.281 e. The van der Waals surface area contributed by atoms with E-state index in [1.165, 1.54) is 4.68 Å². The van der Waals surface area contributed by atoms with Crippen LogP contribution in [-0.4, -0.2) is 20.7 Å². The molecule has 0 amide bonds. The lowest BCUT2D eigenvalue weighted by atomic mass is 10.1. The number of hydrogen-bond acceptors (Lipinski definition) is 4. The first-order valence-electron chi connectivity index (χ1n) is 9.33. The van der Waals surface area contributed by atoms with Crippen molar-refractivity contribution < 1.29 is 4.79 Å². The molecule has 0 aliphatic rings. The SMILES string of the molecule is Cc1ccc(-c2nc(NCc3ccccc3Cl)n(C(=O)c3ccc(Cl)cc3)n2)cc1. The van der Waals surface area contributed by atoms with E-state index in [9.17, 15) is 4.79 Å². The van der Waals surface area contributed by atoms with Gasteiger partial charge >= 0.3 is 0 Å². The number of hydrogen-bond donors (Lipinski definition) is 1. The van der Waals surface area contributed by atoms with Gasteiger partial charge in [-0.05, 0) is 42.8 Å². The van der Waals surface area contributed by atoms with E-state index >= 15 is 0 Å². The minimum absolute atomic E-state index is 0.306. The molecule has 0 saturated carbocycles. The van der Waals surface area contributed by atoms with Crippen LogP contribution in [0, 0.1) is 6.92 Å². The Balaban J connectivity index is 1.70. The normalized spacial score (nSPS) is 10.8. The minimum Gasteiger partial charge on any atom is -0.350 e. The summed E-state index contributed by atoms with van der Waals surface area (Å²) in [6, 6.07) is 22.0. The predicted molar refractivity (Wildman–Crippen MR) is 120 cm³/mol. The summed E-state index contributed by atoms with van der Waals surface area (Å²) in [6.45, 7) is 2.41. The fourth-order valence-electron chi connectivity index (χ4n) is 2.92. The van der Waals surface area contributed by atoms with E-state index in [1.807, 2.05) is 55.5 Å². The van der Waals surface area contributed by atoms with Crippen LogP contribution >= 0.6 is 23.2 Å². The number of nitrogens with one attached hydrogen (secondary N) is 1. The first-order chi connectivity index (χ1) is 14.5. The van der Waals surface area contributed by atoms with Crippen LogP contribution in [0.25, 0.3) is 11.4 Å². The summed E-state index contributed by atoms with van der Waals surface area (Å²) < 4.78 is 1.27. The van der Waals surface area contributed by atoms with Crippen LogP contribution in [-0.2, 0) is 6.54 Å². The highest BCUT2D eigenvalue weighted by Crippen LogP contribution is 2.22. The quantitative estimate of drug-likeness (QED) is 0.425. The van der Waals surface area contributed by atoms with Crippen molar-refractivity contribution in [2.75, 3.05) is 5.32 Å². The molecular weight excluding hydrogens is 419 g/mol. The van der Waals surface area contributed by atoms with Crippen LogP contribution in [0.1, 0.15) is 21.5 Å². The minimum atomic E-state index is -0.306. The summed E-state index contributed by atoms with van der Waals surface area (Å²) >= 11 is 12.2. The number of carbonyl (C=O) groups is 1. The van der Waals surface area contributed by atoms with Crippen molar-refractivity contribution >= 4 is 35.1 Å². The molecule has 0 saturated heterocycles. The second kappa shape index (κ2) is 8.69. The number of rotatable bonds is 5. The summed E-state index contributed by atoms with van der Waals surface area (Å²) in [4.78, 5) is 17.7. The molecule has 4 rings (SSSR count). The number of nitrogens with zero attached hydrogens (tertiary/aromatic N) is 3. The van der Waals surface area contributed by atoms with Gasteiger partial charge in [0.1, 0.15) is 0 Å². The van der Waals surface area contributed by atoms with Crippen molar-refractivity contribution in [2.24, 2.45) is 0 Å². The summed E-state index contributed by atoms with van der Waals surface area (Å²) in [5, 5.41) is 8.86. The largest absolute Gasteiger partial charge is 0.350 e. The molecule has 150 valence electrons. The average Bonchev–Trinajstić information content (AvgIpc) is 3.18. The number of anilines is 1. The van der Waals surface area contributed by atoms with E-state index in [0.29, 0.717) is 33.9 Å². The molecule has 0 atom stereocenters. The van der Waals surface area contributed by atoms with Crippen LogP contribution in [0.3, 0.4) is 0 Å². The number of benzene rings is 3. The van der Waals surface area contributed by atoms with Crippen molar-refractivity contribution in [3.63, 3.8) is 0 Å². The van der Waals surface area contributed by atoms with Gasteiger partial charge in [-0.15, -0.1) is 5.10 Å². The third-order valence-electron chi connectivity index (χ3n) is 4.60. The Morgan fingerprint density at radius 1 is 0.967 bits per heavy atom. The molecule has 0 aliphatic heterocycles. The van der Waals surface area contributed by atoms with Gasteiger partial charge in [0.25, 0.3) is 5.91 Å². The first kappa shape index (κ1) is 20.1. The highest BCUT2D eigenvalue weighted by molar-refractivity contribution is 6.31. The summed E-state index contributed by atoms with van der Waals surface area (Å²) in [5.41, 5.74) is 3.31. The fraction of sp³-hybridized carbons (Fsp3) is 0.0870. The number of halogens is 2. The van der Waals surface area contributed by atoms with Crippen LogP contribution in [0.4, 0.5) is 5.95 Å². The Morgan fingerprint density at radius 3 is 2.37 bits per heavy atom. The second-order valence-electron chi connectivity index (χ2n) is 6.79. The molecule has 5 nitrogen and oxygen atoms in total. The molecule has 0 aliphatic carbocycles. The Kier molecular flexibility index (Phi) is 5.84. The zero-order valence-corrected chi connectivity index (χ0v) is 17.7. The third kappa shape index (κ3) is 4.37. The van der Waals surface area contributed by atoms with Gasteiger partial charge in [-0.2, -0.15) is 9.67 Å². The highest BCUT2D eigenvalue weighted by atomic mass is 35.5. The molecule has 30 heavy (non-hydrogen) atoms. The van der Waals surface area contributed by atoms with Crippen molar-refractivity contribution in [3.8, 4) is 11.4 Å². The zero-order valence-electron chi connectivity index (χ0n) is 16.1. The lowest BCUT2D eigenvalue weighted by molar-refractivity contribution is 0.0947. The van der Waals surface area contributed by atoms with E-state index in [1.54, 1.807) is 24.3 Å². The molecule has 1 heterocycles. The smallest absolute Gasteiger partial charge is 0.281 e. The molecule has 0 radical (unpaired) electrons. The molecule has 0 unspecified atom stereocenters. The van der Waals surface area contributed by atoms with E-state index in [0.717, 1.165) is 16.7 Å². The molecule has 1 N–H and O–H groups in total. The molecular formula is C23H18Cl2N4O. The number of aromatic nitrogens is 3. The van der Waals surface area contributed by atoms with Crippen molar-refractivity contribution in [1.82, 2.24) is 14.8 Å². The van der Waals surface area contributed by atoms with Gasteiger partial charge in [0.15, 0.2) is 5.82 Å². The van der Waals surface area contributed by atoms with E-state index in [-0.39, 0.29) is 5.91 Å². The van der Waals surface area contributed by atoms with Gasteiger partial charge in [0.2, 0.25) is 5.95 Å². The molecule has 0 fully saturated rings. The van der Waals surface area contributed by atoms with Crippen molar-refractivity contribution in [1.29, 1.82) is 0 Å². The average molecular weight is 437 g/mol. The molecule has 0 spiro atoms. The van der Waals surface area contributed by atoms with Gasteiger partial charge in [-0.1, -0.05) is 71.2 Å². The van der Waals surface area contributed by atoms with Crippen molar-refractivity contribution in [3.05, 3.63) is 99.5 Å². The number of carbonyl (C=O) groups excluding carboxylic acids is 1. The Bertz CT molecular complexity index is 1180. The zero-order chi connectivity index (χ0) is 21.1. The van der Waals surface area contributed by atoms with Gasteiger partial charge in [0, 0.05) is 27.7 Å². The van der Waals surface area contributed by atoms with Gasteiger partial charge in [-0.25, -0.2) is 0 Å². The third-order valence-corrected chi connectivity index (χ3v) is 5.22. The molecule has 7 heteroatoms. The lowest BCUT2D eigenvalue weighted by Crippen LogP contribution is -2.17. The Labute approximate surface area is 184 Å². The molecule has 3 aromatic carbocycles. The number of aryl methyl sites for hydroxylation is 1. The predicted octanol–water partition coefficient (Wildman–Crippen LogP) is 5.86. The van der Waals surface area contributed by atoms with Crippen molar-refractivity contribution in [2.45, 2.75) is 13.5 Å².